The fraction of sp³-hybridized carbons (Fsp3) is 0.304. The van der Waals surface area contributed by atoms with E-state index in [2.05, 4.69) is 18.8 Å². The van der Waals surface area contributed by atoms with Crippen LogP contribution in [-0.4, -0.2) is 24.7 Å². The first-order chi connectivity index (χ1) is 14.0. The standard InChI is InChI=1S/C23H25NO4S/c1-15(2)14-28-20-13-16(8-10-19(20)27-3)12-17(9-11-22(25)26)23-24-18-6-4-5-7-21(18)29-23/h4-8,10,12-13,15H,9,11,14H2,1-3H3,(H,25,26)/p-1/b17-12+. The van der Waals surface area contributed by atoms with Crippen LogP contribution in [0.5, 0.6) is 11.5 Å². The lowest BCUT2D eigenvalue weighted by Crippen LogP contribution is -2.21. The van der Waals surface area contributed by atoms with Gasteiger partial charge in [-0.15, -0.1) is 11.3 Å². The number of carbonyl (C=O) groups is 1. The van der Waals surface area contributed by atoms with Gasteiger partial charge in [-0.1, -0.05) is 32.0 Å². The Hall–Kier alpha value is -2.86. The number of para-hydroxylation sites is 1. The Kier molecular flexibility index (Phi) is 6.88. The molecule has 0 N–H and O–H groups in total. The normalized spacial score (nSPS) is 11.8. The smallest absolute Gasteiger partial charge is 0.161 e. The van der Waals surface area contributed by atoms with Crippen molar-refractivity contribution in [1.82, 2.24) is 4.98 Å². The van der Waals surface area contributed by atoms with Crippen LogP contribution in [0, 0.1) is 5.92 Å². The van der Waals surface area contributed by atoms with Gasteiger partial charge in [-0.3, -0.25) is 0 Å². The highest BCUT2D eigenvalue weighted by Gasteiger charge is 2.11. The summed E-state index contributed by atoms with van der Waals surface area (Å²) in [7, 11) is 1.61. The maximum atomic E-state index is 11.1. The zero-order valence-corrected chi connectivity index (χ0v) is 17.6. The Morgan fingerprint density at radius 3 is 2.66 bits per heavy atom. The maximum absolute atomic E-state index is 11.1. The molecule has 3 aromatic rings. The van der Waals surface area contributed by atoms with Gasteiger partial charge in [-0.25, -0.2) is 4.98 Å². The predicted octanol–water partition coefficient (Wildman–Crippen LogP) is 4.41. The fourth-order valence-electron chi connectivity index (χ4n) is 2.84. The average Bonchev–Trinajstić information content (AvgIpc) is 3.13. The molecule has 0 aliphatic heterocycles. The van der Waals surface area contributed by atoms with Crippen molar-refractivity contribution in [3.05, 3.63) is 53.0 Å². The monoisotopic (exact) mass is 410 g/mol. The molecule has 0 aliphatic rings. The van der Waals surface area contributed by atoms with Gasteiger partial charge in [0.25, 0.3) is 0 Å². The van der Waals surface area contributed by atoms with E-state index in [0.717, 1.165) is 26.4 Å². The number of methoxy groups -OCH3 is 1. The van der Waals surface area contributed by atoms with Gasteiger partial charge in [0.2, 0.25) is 0 Å². The van der Waals surface area contributed by atoms with Gasteiger partial charge in [0.05, 0.1) is 23.9 Å². The van der Waals surface area contributed by atoms with E-state index in [0.29, 0.717) is 30.4 Å². The number of aliphatic carboxylic acids is 1. The van der Waals surface area contributed by atoms with E-state index in [1.165, 1.54) is 0 Å². The topological polar surface area (TPSA) is 71.5 Å². The third kappa shape index (κ3) is 5.57. The van der Waals surface area contributed by atoms with E-state index in [1.807, 2.05) is 48.5 Å². The highest BCUT2D eigenvalue weighted by Crippen LogP contribution is 2.33. The van der Waals surface area contributed by atoms with Crippen LogP contribution in [0.2, 0.25) is 0 Å². The number of thiazole rings is 1. The zero-order valence-electron chi connectivity index (χ0n) is 16.8. The number of benzene rings is 2. The fourth-order valence-corrected chi connectivity index (χ4v) is 3.85. The largest absolute Gasteiger partial charge is 0.550 e. The Labute approximate surface area is 174 Å². The lowest BCUT2D eigenvalue weighted by atomic mass is 10.1. The highest BCUT2D eigenvalue weighted by molar-refractivity contribution is 7.19. The summed E-state index contributed by atoms with van der Waals surface area (Å²) in [5.74, 6) is 0.644. The molecule has 29 heavy (non-hydrogen) atoms. The van der Waals surface area contributed by atoms with Crippen molar-refractivity contribution < 1.29 is 19.4 Å². The lowest BCUT2D eigenvalue weighted by Gasteiger charge is -2.13. The van der Waals surface area contributed by atoms with Crippen LogP contribution in [0.3, 0.4) is 0 Å². The molecule has 0 amide bonds. The van der Waals surface area contributed by atoms with Gasteiger partial charge in [0.1, 0.15) is 5.01 Å². The van der Waals surface area contributed by atoms with Crippen molar-refractivity contribution in [2.24, 2.45) is 5.92 Å². The number of hydrogen-bond donors (Lipinski definition) is 0. The Morgan fingerprint density at radius 1 is 1.17 bits per heavy atom. The maximum Gasteiger partial charge on any atom is 0.161 e. The molecule has 152 valence electrons. The first-order valence-electron chi connectivity index (χ1n) is 9.53. The molecule has 6 heteroatoms. The molecule has 0 bridgehead atoms. The SMILES string of the molecule is COc1ccc(/C=C(\CCC(=O)[O-])c2nc3ccccc3s2)cc1OCC(C)C. The van der Waals surface area contributed by atoms with Crippen molar-refractivity contribution in [3.8, 4) is 11.5 Å². The molecule has 3 rings (SSSR count). The van der Waals surface area contributed by atoms with Crippen molar-refractivity contribution >= 4 is 39.2 Å². The Balaban J connectivity index is 1.98. The van der Waals surface area contributed by atoms with Crippen molar-refractivity contribution in [1.29, 1.82) is 0 Å². The summed E-state index contributed by atoms with van der Waals surface area (Å²) < 4.78 is 12.4. The molecule has 0 saturated heterocycles. The van der Waals surface area contributed by atoms with E-state index < -0.39 is 5.97 Å². The van der Waals surface area contributed by atoms with Crippen LogP contribution in [0.4, 0.5) is 0 Å². The minimum absolute atomic E-state index is 0.0609. The van der Waals surface area contributed by atoms with E-state index >= 15 is 0 Å². The van der Waals surface area contributed by atoms with Gasteiger partial charge in [0, 0.05) is 5.97 Å². The van der Waals surface area contributed by atoms with Gasteiger partial charge in [-0.2, -0.15) is 0 Å². The third-order valence-electron chi connectivity index (χ3n) is 4.27. The summed E-state index contributed by atoms with van der Waals surface area (Å²) in [6.45, 7) is 4.75. The number of carboxylic acids is 1. The number of rotatable bonds is 9. The molecule has 2 aromatic carbocycles. The molecule has 0 fully saturated rings. The van der Waals surface area contributed by atoms with Crippen molar-refractivity contribution in [3.63, 3.8) is 0 Å². The van der Waals surface area contributed by atoms with Crippen LogP contribution in [0.25, 0.3) is 21.9 Å². The highest BCUT2D eigenvalue weighted by atomic mass is 32.1. The third-order valence-corrected chi connectivity index (χ3v) is 5.38. The number of allylic oxidation sites excluding steroid dienone is 1. The quantitative estimate of drug-likeness (QED) is 0.522. The van der Waals surface area contributed by atoms with E-state index in [1.54, 1.807) is 18.4 Å². The van der Waals surface area contributed by atoms with Crippen LogP contribution >= 0.6 is 11.3 Å². The second kappa shape index (κ2) is 9.56. The number of carboxylic acid groups (broad SMARTS) is 1. The summed E-state index contributed by atoms with van der Waals surface area (Å²) in [5, 5.41) is 11.9. The summed E-state index contributed by atoms with van der Waals surface area (Å²) >= 11 is 1.55. The van der Waals surface area contributed by atoms with Crippen LogP contribution in [0.1, 0.15) is 37.3 Å². The molecule has 0 unspecified atom stereocenters. The summed E-state index contributed by atoms with van der Waals surface area (Å²) in [6, 6.07) is 13.6. The predicted molar refractivity (Wildman–Crippen MR) is 115 cm³/mol. The molecule has 0 saturated carbocycles. The molecule has 0 spiro atoms. The molecule has 0 aliphatic carbocycles. The van der Waals surface area contributed by atoms with Gasteiger partial charge in [-0.05, 0) is 60.2 Å². The molecular formula is C23H24NO4S-. The molecular weight excluding hydrogens is 386 g/mol. The van der Waals surface area contributed by atoms with Crippen LogP contribution in [0.15, 0.2) is 42.5 Å². The Bertz CT molecular complexity index is 990. The van der Waals surface area contributed by atoms with Gasteiger partial charge >= 0.3 is 0 Å². The number of nitrogens with zero attached hydrogens (tertiary/aromatic N) is 1. The van der Waals surface area contributed by atoms with E-state index in [4.69, 9.17) is 9.47 Å². The van der Waals surface area contributed by atoms with Crippen molar-refractivity contribution in [2.75, 3.05) is 13.7 Å². The Morgan fingerprint density at radius 2 is 1.97 bits per heavy atom. The number of carbonyl (C=O) groups excluding carboxylic acids is 1. The average molecular weight is 411 g/mol. The van der Waals surface area contributed by atoms with Crippen LogP contribution in [-0.2, 0) is 4.79 Å². The van der Waals surface area contributed by atoms with Crippen molar-refractivity contribution in [2.45, 2.75) is 26.7 Å². The summed E-state index contributed by atoms with van der Waals surface area (Å²) in [5.41, 5.74) is 2.66. The first kappa shape index (κ1) is 20.9. The number of aromatic nitrogens is 1. The minimum atomic E-state index is -1.08. The van der Waals surface area contributed by atoms with E-state index in [-0.39, 0.29) is 6.42 Å². The second-order valence-corrected chi connectivity index (χ2v) is 8.17. The minimum Gasteiger partial charge on any atom is -0.550 e. The molecule has 0 atom stereocenters. The van der Waals surface area contributed by atoms with E-state index in [9.17, 15) is 9.90 Å². The number of fused-ring (bicyclic) bond motifs is 1. The summed E-state index contributed by atoms with van der Waals surface area (Å²) in [6.07, 6.45) is 2.24. The second-order valence-electron chi connectivity index (χ2n) is 7.14. The molecule has 5 nitrogen and oxygen atoms in total. The molecule has 1 heterocycles. The number of ether oxygens (including phenoxy) is 2. The van der Waals surface area contributed by atoms with Gasteiger partial charge < -0.3 is 19.4 Å². The van der Waals surface area contributed by atoms with Gasteiger partial charge in [0.15, 0.2) is 11.5 Å². The molecule has 0 radical (unpaired) electrons. The van der Waals surface area contributed by atoms with Crippen LogP contribution < -0.4 is 14.6 Å². The summed E-state index contributed by atoms with van der Waals surface area (Å²) in [4.78, 5) is 15.7. The first-order valence-corrected chi connectivity index (χ1v) is 10.3. The zero-order chi connectivity index (χ0) is 20.8. The molecule has 1 aromatic heterocycles. The lowest BCUT2D eigenvalue weighted by molar-refractivity contribution is -0.305. The number of hydrogen-bond acceptors (Lipinski definition) is 6.